The number of carboxylic acids is 1. The van der Waals surface area contributed by atoms with Crippen molar-refractivity contribution in [3.05, 3.63) is 95.1 Å². The fraction of sp³-hybridized carbons (Fsp3) is 0.474. The Balaban J connectivity index is 1.13. The van der Waals surface area contributed by atoms with Crippen molar-refractivity contribution in [3.8, 4) is 11.1 Å². The summed E-state index contributed by atoms with van der Waals surface area (Å²) in [6.45, 7) is 4.29. The van der Waals surface area contributed by atoms with E-state index in [0.29, 0.717) is 39.0 Å². The van der Waals surface area contributed by atoms with Crippen LogP contribution in [0.15, 0.2) is 72.8 Å². The summed E-state index contributed by atoms with van der Waals surface area (Å²) in [6.07, 6.45) is 3.07. The summed E-state index contributed by atoms with van der Waals surface area (Å²) < 4.78 is 25.2. The van der Waals surface area contributed by atoms with Gasteiger partial charge in [-0.05, 0) is 52.8 Å². The van der Waals surface area contributed by atoms with Crippen LogP contribution in [0.3, 0.4) is 0 Å². The van der Waals surface area contributed by atoms with Crippen LogP contribution < -0.4 is 5.32 Å². The predicted molar refractivity (Wildman–Crippen MR) is 179 cm³/mol. The molecule has 3 heterocycles. The van der Waals surface area contributed by atoms with Crippen LogP contribution in [0.5, 0.6) is 0 Å². The van der Waals surface area contributed by atoms with Gasteiger partial charge in [-0.3, -0.25) is 9.59 Å². The van der Waals surface area contributed by atoms with Gasteiger partial charge in [0.05, 0.1) is 32.0 Å². The van der Waals surface area contributed by atoms with E-state index in [1.165, 1.54) is 0 Å². The molecule has 10 nitrogen and oxygen atoms in total. The Bertz CT molecular complexity index is 1510. The molecule has 3 saturated heterocycles. The topological polar surface area (TPSA) is 127 Å². The molecule has 6 rings (SSSR count). The molecule has 3 aromatic rings. The van der Waals surface area contributed by atoms with Crippen LogP contribution in [-0.2, 0) is 41.7 Å². The lowest BCUT2D eigenvalue weighted by Crippen LogP contribution is -2.48. The summed E-state index contributed by atoms with van der Waals surface area (Å²) in [4.78, 5) is 25.4. The van der Waals surface area contributed by atoms with E-state index in [0.717, 1.165) is 72.3 Å². The highest BCUT2D eigenvalue weighted by molar-refractivity contribution is 5.76. The number of rotatable bonds is 13. The Labute approximate surface area is 282 Å². The van der Waals surface area contributed by atoms with Gasteiger partial charge in [0, 0.05) is 63.8 Å². The van der Waals surface area contributed by atoms with Crippen molar-refractivity contribution in [2.24, 2.45) is 0 Å². The standard InChI is InChI=1S/C38H46N2O8/c41-26-27-11-13-29(14-12-27)34-23-33(25-40-17-15-38(16-18-40)45-19-20-46-38)47-37(48-34)32-8-4-7-31(22-32)30-6-3-5-28(21-30)24-39-35(42)9-1-2-10-36(43)44/h3-8,11-14,21-22,33-34,37,41H,1-2,9-10,15-20,23-26H2,(H,39,42)(H,43,44). The first-order chi connectivity index (χ1) is 23.4. The summed E-state index contributed by atoms with van der Waals surface area (Å²) >= 11 is 0. The highest BCUT2D eigenvalue weighted by Gasteiger charge is 2.41. The van der Waals surface area contributed by atoms with Crippen molar-refractivity contribution in [1.82, 2.24) is 10.2 Å². The molecule has 0 radical (unpaired) electrons. The van der Waals surface area contributed by atoms with E-state index in [4.69, 9.17) is 24.1 Å². The number of amides is 1. The van der Waals surface area contributed by atoms with Crippen LogP contribution in [0.25, 0.3) is 11.1 Å². The lowest BCUT2D eigenvalue weighted by atomic mass is 9.97. The first kappa shape index (κ1) is 34.2. The van der Waals surface area contributed by atoms with Crippen molar-refractivity contribution in [3.63, 3.8) is 0 Å². The van der Waals surface area contributed by atoms with Crippen LogP contribution in [0.4, 0.5) is 0 Å². The largest absolute Gasteiger partial charge is 0.481 e. The average molecular weight is 659 g/mol. The molecule has 3 aromatic carbocycles. The minimum Gasteiger partial charge on any atom is -0.481 e. The first-order valence-corrected chi connectivity index (χ1v) is 17.1. The molecule has 48 heavy (non-hydrogen) atoms. The normalized spacial score (nSPS) is 22.5. The van der Waals surface area contributed by atoms with Gasteiger partial charge in [-0.15, -0.1) is 0 Å². The molecule has 3 N–H and O–H groups in total. The molecule has 0 bridgehead atoms. The van der Waals surface area contributed by atoms with E-state index < -0.39 is 18.0 Å². The molecule has 3 aliphatic rings. The van der Waals surface area contributed by atoms with Crippen molar-refractivity contribution in [2.75, 3.05) is 32.8 Å². The van der Waals surface area contributed by atoms with E-state index >= 15 is 0 Å². The zero-order chi connectivity index (χ0) is 33.3. The number of carbonyl (C=O) groups excluding carboxylic acids is 1. The Morgan fingerprint density at radius 2 is 1.54 bits per heavy atom. The van der Waals surface area contributed by atoms with Gasteiger partial charge in [-0.25, -0.2) is 0 Å². The number of hydrogen-bond acceptors (Lipinski definition) is 8. The number of benzene rings is 3. The van der Waals surface area contributed by atoms with Gasteiger partial charge < -0.3 is 39.4 Å². The minimum absolute atomic E-state index is 0.000987. The smallest absolute Gasteiger partial charge is 0.303 e. The second-order valence-electron chi connectivity index (χ2n) is 13.0. The summed E-state index contributed by atoms with van der Waals surface area (Å²) in [5.74, 6) is -1.34. The van der Waals surface area contributed by atoms with Crippen molar-refractivity contribution >= 4 is 11.9 Å². The van der Waals surface area contributed by atoms with Gasteiger partial charge in [-0.2, -0.15) is 0 Å². The third-order valence-electron chi connectivity index (χ3n) is 9.46. The molecule has 3 aliphatic heterocycles. The lowest BCUT2D eigenvalue weighted by molar-refractivity contribution is -0.255. The molecule has 0 saturated carbocycles. The highest BCUT2D eigenvalue weighted by atomic mass is 16.7. The summed E-state index contributed by atoms with van der Waals surface area (Å²) in [6, 6.07) is 24.3. The van der Waals surface area contributed by atoms with Gasteiger partial charge in [-0.1, -0.05) is 60.7 Å². The number of nitrogens with zero attached hydrogens (tertiary/aromatic N) is 1. The number of unbranched alkanes of at least 4 members (excludes halogenated alkanes) is 1. The molecule has 3 atom stereocenters. The molecule has 10 heteroatoms. The number of aliphatic carboxylic acids is 1. The number of nitrogens with one attached hydrogen (secondary N) is 1. The van der Waals surface area contributed by atoms with E-state index in [-0.39, 0.29) is 31.1 Å². The predicted octanol–water partition coefficient (Wildman–Crippen LogP) is 5.49. The lowest BCUT2D eigenvalue weighted by Gasteiger charge is -2.41. The van der Waals surface area contributed by atoms with Gasteiger partial charge in [0.25, 0.3) is 0 Å². The van der Waals surface area contributed by atoms with Crippen molar-refractivity contribution in [2.45, 2.75) is 82.4 Å². The zero-order valence-electron chi connectivity index (χ0n) is 27.4. The summed E-state index contributed by atoms with van der Waals surface area (Å²) in [5, 5.41) is 21.3. The molecular formula is C38H46N2O8. The molecule has 1 spiro atoms. The number of ether oxygens (including phenoxy) is 4. The van der Waals surface area contributed by atoms with Crippen molar-refractivity contribution in [1.29, 1.82) is 0 Å². The van der Waals surface area contributed by atoms with Crippen molar-refractivity contribution < 1.29 is 38.7 Å². The van der Waals surface area contributed by atoms with E-state index in [1.807, 2.05) is 54.6 Å². The van der Waals surface area contributed by atoms with Gasteiger partial charge >= 0.3 is 5.97 Å². The molecule has 0 aromatic heterocycles. The SMILES string of the molecule is O=C(O)CCCCC(=O)NCc1cccc(-c2cccc(C3OC(CN4CCC5(CC4)OCCO5)CC(c4ccc(CO)cc4)O3)c2)c1. The Morgan fingerprint density at radius 3 is 2.27 bits per heavy atom. The van der Waals surface area contributed by atoms with Crippen LogP contribution in [-0.4, -0.2) is 71.7 Å². The number of likely N-dealkylation sites (tertiary alicyclic amines) is 1. The van der Waals surface area contributed by atoms with E-state index in [1.54, 1.807) is 0 Å². The number of aliphatic hydroxyl groups is 1. The van der Waals surface area contributed by atoms with E-state index in [9.17, 15) is 14.7 Å². The second-order valence-corrected chi connectivity index (χ2v) is 13.0. The first-order valence-electron chi connectivity index (χ1n) is 17.1. The van der Waals surface area contributed by atoms with E-state index in [2.05, 4.69) is 28.4 Å². The maximum Gasteiger partial charge on any atom is 0.303 e. The molecule has 3 unspecified atom stereocenters. The second kappa shape index (κ2) is 16.2. The molecule has 256 valence electrons. The minimum atomic E-state index is -0.841. The van der Waals surface area contributed by atoms with Crippen LogP contribution >= 0.6 is 0 Å². The average Bonchev–Trinajstić information content (AvgIpc) is 3.58. The van der Waals surface area contributed by atoms with Gasteiger partial charge in [0.15, 0.2) is 12.1 Å². The monoisotopic (exact) mass is 658 g/mol. The van der Waals surface area contributed by atoms with Crippen LogP contribution in [0.2, 0.25) is 0 Å². The molecular weight excluding hydrogens is 612 g/mol. The Kier molecular flexibility index (Phi) is 11.5. The fourth-order valence-corrected chi connectivity index (χ4v) is 6.76. The van der Waals surface area contributed by atoms with Crippen LogP contribution in [0.1, 0.15) is 79.6 Å². The quantitative estimate of drug-likeness (QED) is 0.204. The number of aliphatic hydroxyl groups excluding tert-OH is 1. The highest BCUT2D eigenvalue weighted by Crippen LogP contribution is 2.40. The number of carboxylic acid groups (broad SMARTS) is 1. The summed E-state index contributed by atoms with van der Waals surface area (Å²) in [7, 11) is 0. The maximum atomic E-state index is 12.3. The van der Waals surface area contributed by atoms with Gasteiger partial charge in [0.1, 0.15) is 0 Å². The Hall–Kier alpha value is -3.64. The van der Waals surface area contributed by atoms with Gasteiger partial charge in [0.2, 0.25) is 5.91 Å². The molecule has 1 amide bonds. The Morgan fingerprint density at radius 1 is 0.833 bits per heavy atom. The number of piperidine rings is 1. The van der Waals surface area contributed by atoms with Crippen LogP contribution in [0, 0.1) is 0 Å². The summed E-state index contributed by atoms with van der Waals surface area (Å²) in [5.41, 5.74) is 5.87. The maximum absolute atomic E-state index is 12.3. The molecule has 0 aliphatic carbocycles. The third-order valence-corrected chi connectivity index (χ3v) is 9.46. The number of hydrogen-bond donors (Lipinski definition) is 3. The third kappa shape index (κ3) is 9.07. The number of carbonyl (C=O) groups is 2. The fourth-order valence-electron chi connectivity index (χ4n) is 6.76. The zero-order valence-corrected chi connectivity index (χ0v) is 27.4. The molecule has 3 fully saturated rings.